The maximum atomic E-state index is 5.26. The van der Waals surface area contributed by atoms with E-state index in [4.69, 9.17) is 4.74 Å². The summed E-state index contributed by atoms with van der Waals surface area (Å²) >= 11 is 0. The minimum absolute atomic E-state index is 0.846. The monoisotopic (exact) mass is 377 g/mol. The predicted molar refractivity (Wildman–Crippen MR) is 123 cm³/mol. The first-order valence-corrected chi connectivity index (χ1v) is 9.66. The molecule has 0 amide bonds. The SMILES string of the molecule is COc1ccc(Nc2ccccc2C=C(c2ccccc2)c2ccccc2)cc1. The highest BCUT2D eigenvalue weighted by atomic mass is 16.5. The number of anilines is 2. The predicted octanol–water partition coefficient (Wildman–Crippen LogP) is 7.03. The van der Waals surface area contributed by atoms with Crippen LogP contribution < -0.4 is 10.1 Å². The summed E-state index contributed by atoms with van der Waals surface area (Å²) in [4.78, 5) is 0. The third kappa shape index (κ3) is 4.56. The number of para-hydroxylation sites is 1. The minimum Gasteiger partial charge on any atom is -0.497 e. The number of benzene rings is 4. The van der Waals surface area contributed by atoms with Crippen molar-refractivity contribution in [1.82, 2.24) is 0 Å². The molecule has 0 aliphatic rings. The molecule has 4 aromatic rings. The van der Waals surface area contributed by atoms with Crippen LogP contribution in [0, 0.1) is 0 Å². The Kier molecular flexibility index (Phi) is 5.73. The Morgan fingerprint density at radius 2 is 1.21 bits per heavy atom. The van der Waals surface area contributed by atoms with Gasteiger partial charge < -0.3 is 10.1 Å². The molecule has 0 saturated heterocycles. The van der Waals surface area contributed by atoms with Gasteiger partial charge in [0.05, 0.1) is 7.11 Å². The molecule has 2 nitrogen and oxygen atoms in total. The molecule has 0 radical (unpaired) electrons. The lowest BCUT2D eigenvalue weighted by atomic mass is 9.95. The fraction of sp³-hybridized carbons (Fsp3) is 0.0370. The molecule has 29 heavy (non-hydrogen) atoms. The lowest BCUT2D eigenvalue weighted by molar-refractivity contribution is 0.415. The van der Waals surface area contributed by atoms with E-state index < -0.39 is 0 Å². The summed E-state index contributed by atoms with van der Waals surface area (Å²) in [5, 5.41) is 3.53. The van der Waals surface area contributed by atoms with E-state index in [1.165, 1.54) is 16.7 Å². The van der Waals surface area contributed by atoms with E-state index in [9.17, 15) is 0 Å². The van der Waals surface area contributed by atoms with Gasteiger partial charge >= 0.3 is 0 Å². The quantitative estimate of drug-likeness (QED) is 0.364. The Balaban J connectivity index is 1.75. The van der Waals surface area contributed by atoms with Gasteiger partial charge in [0.25, 0.3) is 0 Å². The topological polar surface area (TPSA) is 21.3 Å². The first-order chi connectivity index (χ1) is 14.3. The number of ether oxygens (including phenoxy) is 1. The van der Waals surface area contributed by atoms with E-state index in [0.717, 1.165) is 22.7 Å². The zero-order valence-electron chi connectivity index (χ0n) is 16.4. The van der Waals surface area contributed by atoms with Crippen LogP contribution in [0.5, 0.6) is 5.75 Å². The van der Waals surface area contributed by atoms with Gasteiger partial charge in [-0.15, -0.1) is 0 Å². The molecule has 142 valence electrons. The van der Waals surface area contributed by atoms with Gasteiger partial charge in [-0.1, -0.05) is 78.9 Å². The molecule has 0 heterocycles. The van der Waals surface area contributed by atoms with Crippen molar-refractivity contribution >= 4 is 23.0 Å². The number of hydrogen-bond acceptors (Lipinski definition) is 2. The molecule has 0 unspecified atom stereocenters. The normalized spacial score (nSPS) is 10.2. The van der Waals surface area contributed by atoms with E-state index in [0.29, 0.717) is 0 Å². The first kappa shape index (κ1) is 18.6. The molecular weight excluding hydrogens is 354 g/mol. The maximum absolute atomic E-state index is 5.26. The highest BCUT2D eigenvalue weighted by Gasteiger charge is 2.07. The Bertz CT molecular complexity index is 1040. The van der Waals surface area contributed by atoms with Gasteiger partial charge in [-0.2, -0.15) is 0 Å². The molecule has 0 fully saturated rings. The lowest BCUT2D eigenvalue weighted by Crippen LogP contribution is -1.94. The summed E-state index contributed by atoms with van der Waals surface area (Å²) < 4.78 is 5.26. The van der Waals surface area contributed by atoms with Crippen LogP contribution in [0.2, 0.25) is 0 Å². The smallest absolute Gasteiger partial charge is 0.119 e. The average Bonchev–Trinajstić information content (AvgIpc) is 2.80. The summed E-state index contributed by atoms with van der Waals surface area (Å²) in [6.07, 6.45) is 2.25. The van der Waals surface area contributed by atoms with Crippen molar-refractivity contribution in [3.8, 4) is 5.75 Å². The van der Waals surface area contributed by atoms with E-state index >= 15 is 0 Å². The first-order valence-electron chi connectivity index (χ1n) is 9.66. The van der Waals surface area contributed by atoms with Crippen molar-refractivity contribution in [2.24, 2.45) is 0 Å². The van der Waals surface area contributed by atoms with E-state index in [2.05, 4.69) is 78.1 Å². The van der Waals surface area contributed by atoms with Crippen molar-refractivity contribution in [2.75, 3.05) is 12.4 Å². The van der Waals surface area contributed by atoms with Crippen LogP contribution in [0.1, 0.15) is 16.7 Å². The minimum atomic E-state index is 0.846. The largest absolute Gasteiger partial charge is 0.497 e. The van der Waals surface area contributed by atoms with Crippen molar-refractivity contribution in [1.29, 1.82) is 0 Å². The molecular formula is C27H23NO. The molecule has 2 heteroatoms. The van der Waals surface area contributed by atoms with Gasteiger partial charge in [0.2, 0.25) is 0 Å². The molecule has 0 spiro atoms. The summed E-state index contributed by atoms with van der Waals surface area (Å²) in [5.74, 6) is 0.846. The third-order valence-electron chi connectivity index (χ3n) is 4.80. The van der Waals surface area contributed by atoms with E-state index in [-0.39, 0.29) is 0 Å². The summed E-state index contributed by atoms with van der Waals surface area (Å²) in [5.41, 5.74) is 6.78. The summed E-state index contributed by atoms with van der Waals surface area (Å²) in [6, 6.07) is 37.3. The van der Waals surface area contributed by atoms with Crippen molar-refractivity contribution in [3.05, 3.63) is 126 Å². The van der Waals surface area contributed by atoms with Crippen LogP contribution in [0.15, 0.2) is 109 Å². The van der Waals surface area contributed by atoms with Crippen LogP contribution in [0.3, 0.4) is 0 Å². The number of rotatable bonds is 6. The van der Waals surface area contributed by atoms with Crippen LogP contribution in [0.25, 0.3) is 11.6 Å². The second-order valence-electron chi connectivity index (χ2n) is 6.73. The van der Waals surface area contributed by atoms with Crippen molar-refractivity contribution in [3.63, 3.8) is 0 Å². The van der Waals surface area contributed by atoms with Crippen LogP contribution in [0.4, 0.5) is 11.4 Å². The lowest BCUT2D eigenvalue weighted by Gasteiger charge is -2.13. The second-order valence-corrected chi connectivity index (χ2v) is 6.73. The van der Waals surface area contributed by atoms with Crippen LogP contribution in [-0.2, 0) is 0 Å². The molecule has 4 rings (SSSR count). The van der Waals surface area contributed by atoms with Gasteiger partial charge in [-0.05, 0) is 58.7 Å². The third-order valence-corrected chi connectivity index (χ3v) is 4.80. The molecule has 0 aliphatic carbocycles. The number of methoxy groups -OCH3 is 1. The van der Waals surface area contributed by atoms with Crippen LogP contribution >= 0.6 is 0 Å². The zero-order valence-corrected chi connectivity index (χ0v) is 16.4. The standard InChI is InChI=1S/C27H23NO/c1-29-25-18-16-24(17-19-25)28-27-15-9-8-14-23(27)20-26(21-10-4-2-5-11-21)22-12-6-3-7-13-22/h2-20,28H,1H3. The second kappa shape index (κ2) is 8.94. The fourth-order valence-electron chi connectivity index (χ4n) is 3.29. The maximum Gasteiger partial charge on any atom is 0.119 e. The zero-order chi connectivity index (χ0) is 19.9. The molecule has 4 aromatic carbocycles. The highest BCUT2D eigenvalue weighted by Crippen LogP contribution is 2.30. The van der Waals surface area contributed by atoms with Crippen molar-refractivity contribution < 1.29 is 4.74 Å². The van der Waals surface area contributed by atoms with Gasteiger partial charge in [0, 0.05) is 11.4 Å². The molecule has 0 bridgehead atoms. The van der Waals surface area contributed by atoms with E-state index in [1.807, 2.05) is 42.5 Å². The Morgan fingerprint density at radius 1 is 0.655 bits per heavy atom. The average molecular weight is 377 g/mol. The van der Waals surface area contributed by atoms with Gasteiger partial charge in [-0.3, -0.25) is 0 Å². The van der Waals surface area contributed by atoms with Gasteiger partial charge in [0.1, 0.15) is 5.75 Å². The fourth-order valence-corrected chi connectivity index (χ4v) is 3.29. The van der Waals surface area contributed by atoms with Crippen LogP contribution in [-0.4, -0.2) is 7.11 Å². The Morgan fingerprint density at radius 3 is 1.79 bits per heavy atom. The molecule has 0 saturated carbocycles. The molecule has 0 atom stereocenters. The van der Waals surface area contributed by atoms with Gasteiger partial charge in [-0.25, -0.2) is 0 Å². The molecule has 0 aliphatic heterocycles. The molecule has 0 aromatic heterocycles. The Hall–Kier alpha value is -3.78. The Labute approximate surface area is 172 Å². The summed E-state index contributed by atoms with van der Waals surface area (Å²) in [6.45, 7) is 0. The number of hydrogen-bond donors (Lipinski definition) is 1. The molecule has 1 N–H and O–H groups in total. The summed E-state index contributed by atoms with van der Waals surface area (Å²) in [7, 11) is 1.68. The number of nitrogens with one attached hydrogen (secondary N) is 1. The van der Waals surface area contributed by atoms with Gasteiger partial charge in [0.15, 0.2) is 0 Å². The van der Waals surface area contributed by atoms with Crippen molar-refractivity contribution in [2.45, 2.75) is 0 Å². The van der Waals surface area contributed by atoms with E-state index in [1.54, 1.807) is 7.11 Å². The highest BCUT2D eigenvalue weighted by molar-refractivity contribution is 5.93.